The predicted octanol–water partition coefficient (Wildman–Crippen LogP) is 1.71. The highest BCUT2D eigenvalue weighted by molar-refractivity contribution is 7.89. The van der Waals surface area contributed by atoms with Gasteiger partial charge in [-0.05, 0) is 30.3 Å². The van der Waals surface area contributed by atoms with Crippen molar-refractivity contribution in [2.45, 2.75) is 11.4 Å². The second-order valence-corrected chi connectivity index (χ2v) is 9.22. The number of nitrogens with zero attached hydrogens (tertiary/aromatic N) is 3. The minimum atomic E-state index is -3.84. The molecule has 0 spiro atoms. The standard InChI is InChI=1S/C20H19ClN4O5S/c21-16-6-5-14(11-18(16)31(28,29)25-7-9-30-10-8-25)23-19(26)12-24-13-22-17-4-2-1-3-15(17)20(24)27/h1-6,11,13H,7-10,12H2,(H,23,26). The molecule has 0 radical (unpaired) electrons. The zero-order valence-corrected chi connectivity index (χ0v) is 17.9. The van der Waals surface area contributed by atoms with E-state index in [1.807, 2.05) is 0 Å². The highest BCUT2D eigenvalue weighted by atomic mass is 35.5. The highest BCUT2D eigenvalue weighted by Crippen LogP contribution is 2.28. The van der Waals surface area contributed by atoms with Crippen LogP contribution in [0.1, 0.15) is 0 Å². The molecule has 0 atom stereocenters. The van der Waals surface area contributed by atoms with Gasteiger partial charge in [-0.1, -0.05) is 23.7 Å². The quantitative estimate of drug-likeness (QED) is 0.618. The van der Waals surface area contributed by atoms with Crippen molar-refractivity contribution >= 4 is 44.1 Å². The van der Waals surface area contributed by atoms with E-state index in [0.717, 1.165) is 0 Å². The van der Waals surface area contributed by atoms with E-state index in [1.165, 1.54) is 33.4 Å². The molecular formula is C20H19ClN4O5S. The molecule has 31 heavy (non-hydrogen) atoms. The van der Waals surface area contributed by atoms with E-state index in [1.54, 1.807) is 24.3 Å². The van der Waals surface area contributed by atoms with Crippen LogP contribution in [0, 0.1) is 0 Å². The summed E-state index contributed by atoms with van der Waals surface area (Å²) in [6, 6.07) is 11.1. The van der Waals surface area contributed by atoms with Crippen LogP contribution >= 0.6 is 11.6 Å². The summed E-state index contributed by atoms with van der Waals surface area (Å²) in [5, 5.41) is 3.08. The Kier molecular flexibility index (Phi) is 6.05. The number of ether oxygens (including phenoxy) is 1. The van der Waals surface area contributed by atoms with Crippen LogP contribution in [0.3, 0.4) is 0 Å². The van der Waals surface area contributed by atoms with E-state index >= 15 is 0 Å². The van der Waals surface area contributed by atoms with Gasteiger partial charge in [-0.2, -0.15) is 4.31 Å². The Hall–Kier alpha value is -2.79. The number of nitrogens with one attached hydrogen (secondary N) is 1. The smallest absolute Gasteiger partial charge is 0.261 e. The van der Waals surface area contributed by atoms with Gasteiger partial charge in [0.1, 0.15) is 11.4 Å². The molecule has 1 amide bonds. The molecule has 1 aliphatic rings. The fourth-order valence-electron chi connectivity index (χ4n) is 3.28. The van der Waals surface area contributed by atoms with Gasteiger partial charge >= 0.3 is 0 Å². The first-order chi connectivity index (χ1) is 14.9. The zero-order valence-electron chi connectivity index (χ0n) is 16.3. The van der Waals surface area contributed by atoms with E-state index in [2.05, 4.69) is 10.3 Å². The summed E-state index contributed by atoms with van der Waals surface area (Å²) in [7, 11) is -3.84. The Morgan fingerprint density at radius 3 is 2.68 bits per heavy atom. The number of hydrogen-bond acceptors (Lipinski definition) is 6. The molecule has 1 saturated heterocycles. The maximum absolute atomic E-state index is 12.9. The number of para-hydroxylation sites is 1. The van der Waals surface area contributed by atoms with Gasteiger partial charge in [-0.15, -0.1) is 0 Å². The van der Waals surface area contributed by atoms with Crippen LogP contribution in [0.15, 0.2) is 58.5 Å². The van der Waals surface area contributed by atoms with Crippen LogP contribution in [0.25, 0.3) is 10.9 Å². The topological polar surface area (TPSA) is 111 Å². The number of rotatable bonds is 5. The molecular weight excluding hydrogens is 444 g/mol. The molecule has 162 valence electrons. The predicted molar refractivity (Wildman–Crippen MR) is 116 cm³/mol. The second-order valence-electron chi connectivity index (χ2n) is 6.90. The highest BCUT2D eigenvalue weighted by Gasteiger charge is 2.28. The second kappa shape index (κ2) is 8.75. The maximum Gasteiger partial charge on any atom is 0.261 e. The lowest BCUT2D eigenvalue weighted by Crippen LogP contribution is -2.40. The molecule has 9 nitrogen and oxygen atoms in total. The van der Waals surface area contributed by atoms with Crippen molar-refractivity contribution in [1.82, 2.24) is 13.9 Å². The SMILES string of the molecule is O=C(Cn1cnc2ccccc2c1=O)Nc1ccc(Cl)c(S(=O)(=O)N2CCOCC2)c1. The summed E-state index contributed by atoms with van der Waals surface area (Å²) in [5.41, 5.74) is 0.454. The van der Waals surface area contributed by atoms with Gasteiger partial charge in [-0.25, -0.2) is 13.4 Å². The van der Waals surface area contributed by atoms with Crippen LogP contribution in [0.2, 0.25) is 5.02 Å². The van der Waals surface area contributed by atoms with Gasteiger partial charge in [0.25, 0.3) is 5.56 Å². The Bertz CT molecular complexity index is 1300. The van der Waals surface area contributed by atoms with Crippen molar-refractivity contribution in [3.8, 4) is 0 Å². The first kappa shape index (κ1) is 21.4. The number of benzene rings is 2. The molecule has 2 aromatic carbocycles. The molecule has 3 aromatic rings. The third-order valence-corrected chi connectivity index (χ3v) is 7.23. The Morgan fingerprint density at radius 1 is 1.16 bits per heavy atom. The molecule has 11 heteroatoms. The maximum atomic E-state index is 12.9. The normalized spacial score (nSPS) is 15.1. The van der Waals surface area contributed by atoms with Gasteiger partial charge in [0, 0.05) is 18.8 Å². The molecule has 0 aliphatic carbocycles. The molecule has 0 unspecified atom stereocenters. The van der Waals surface area contributed by atoms with Gasteiger partial charge in [0.15, 0.2) is 0 Å². The first-order valence-electron chi connectivity index (χ1n) is 9.48. The number of aromatic nitrogens is 2. The van der Waals surface area contributed by atoms with Crippen molar-refractivity contribution in [3.05, 3.63) is 64.2 Å². The number of carbonyl (C=O) groups excluding carboxylic acids is 1. The van der Waals surface area contributed by atoms with Crippen LogP contribution in [-0.2, 0) is 26.1 Å². The Balaban J connectivity index is 1.55. The minimum absolute atomic E-state index is 0.0550. The van der Waals surface area contributed by atoms with Gasteiger partial charge in [0.05, 0.1) is 35.5 Å². The van der Waals surface area contributed by atoms with Gasteiger partial charge < -0.3 is 10.1 Å². The lowest BCUT2D eigenvalue weighted by molar-refractivity contribution is -0.116. The number of anilines is 1. The number of carbonyl (C=O) groups is 1. The summed E-state index contributed by atoms with van der Waals surface area (Å²) >= 11 is 6.14. The van der Waals surface area contributed by atoms with E-state index in [-0.39, 0.29) is 40.8 Å². The molecule has 0 saturated carbocycles. The van der Waals surface area contributed by atoms with Crippen molar-refractivity contribution in [3.63, 3.8) is 0 Å². The van der Waals surface area contributed by atoms with Crippen molar-refractivity contribution in [2.24, 2.45) is 0 Å². The van der Waals surface area contributed by atoms with E-state index in [4.69, 9.17) is 16.3 Å². The molecule has 4 rings (SSSR count). The fourth-order valence-corrected chi connectivity index (χ4v) is 5.19. The summed E-state index contributed by atoms with van der Waals surface area (Å²) < 4.78 is 33.5. The van der Waals surface area contributed by atoms with Crippen LogP contribution in [0.5, 0.6) is 0 Å². The molecule has 1 fully saturated rings. The monoisotopic (exact) mass is 462 g/mol. The Labute approximate surface area is 183 Å². The molecule has 1 aromatic heterocycles. The summed E-state index contributed by atoms with van der Waals surface area (Å²) in [6.07, 6.45) is 1.31. The number of morpholine rings is 1. The summed E-state index contributed by atoms with van der Waals surface area (Å²) in [5.74, 6) is -0.503. The number of amides is 1. The van der Waals surface area contributed by atoms with E-state index in [9.17, 15) is 18.0 Å². The van der Waals surface area contributed by atoms with E-state index < -0.39 is 15.9 Å². The van der Waals surface area contributed by atoms with Crippen molar-refractivity contribution in [1.29, 1.82) is 0 Å². The number of halogens is 1. The summed E-state index contributed by atoms with van der Waals surface area (Å²) in [6.45, 7) is 0.800. The van der Waals surface area contributed by atoms with Gasteiger partial charge in [0.2, 0.25) is 15.9 Å². The van der Waals surface area contributed by atoms with Crippen LogP contribution in [0.4, 0.5) is 5.69 Å². The number of hydrogen-bond donors (Lipinski definition) is 1. The van der Waals surface area contributed by atoms with Crippen molar-refractivity contribution in [2.75, 3.05) is 31.6 Å². The number of fused-ring (bicyclic) bond motifs is 1. The van der Waals surface area contributed by atoms with E-state index in [0.29, 0.717) is 24.1 Å². The van der Waals surface area contributed by atoms with Crippen LogP contribution < -0.4 is 10.9 Å². The van der Waals surface area contributed by atoms with Crippen molar-refractivity contribution < 1.29 is 17.9 Å². The molecule has 0 bridgehead atoms. The number of sulfonamides is 1. The average Bonchev–Trinajstić information content (AvgIpc) is 2.78. The molecule has 2 heterocycles. The molecule has 1 N–H and O–H groups in total. The minimum Gasteiger partial charge on any atom is -0.379 e. The third-order valence-electron chi connectivity index (χ3n) is 4.85. The van der Waals surface area contributed by atoms with Gasteiger partial charge in [-0.3, -0.25) is 14.2 Å². The first-order valence-corrected chi connectivity index (χ1v) is 11.3. The molecule has 1 aliphatic heterocycles. The largest absolute Gasteiger partial charge is 0.379 e. The van der Waals surface area contributed by atoms with Crippen LogP contribution in [-0.4, -0.2) is 54.5 Å². The fraction of sp³-hybridized carbons (Fsp3) is 0.250. The summed E-state index contributed by atoms with van der Waals surface area (Å²) in [4.78, 5) is 29.1. The average molecular weight is 463 g/mol. The lowest BCUT2D eigenvalue weighted by atomic mass is 10.2. The third kappa shape index (κ3) is 4.47. The Morgan fingerprint density at radius 2 is 1.90 bits per heavy atom. The lowest BCUT2D eigenvalue weighted by Gasteiger charge is -2.26. The zero-order chi connectivity index (χ0) is 22.0.